The maximum atomic E-state index is 11.9. The lowest BCUT2D eigenvalue weighted by Gasteiger charge is -2.38. The predicted octanol–water partition coefficient (Wildman–Crippen LogP) is 2.37. The smallest absolute Gasteiger partial charge is 0.251 e. The van der Waals surface area contributed by atoms with Crippen LogP contribution in [0.25, 0.3) is 0 Å². The molecule has 0 spiro atoms. The monoisotopic (exact) mass is 296 g/mol. The molecular formula is C13H17BrN2O. The van der Waals surface area contributed by atoms with Crippen LogP contribution >= 0.6 is 15.9 Å². The third-order valence-electron chi connectivity index (χ3n) is 3.38. The normalized spacial score (nSPS) is 17.4. The van der Waals surface area contributed by atoms with Gasteiger partial charge in [-0.05, 0) is 43.9 Å². The molecule has 1 aliphatic rings. The first kappa shape index (κ1) is 12.6. The van der Waals surface area contributed by atoms with E-state index in [0.29, 0.717) is 12.1 Å². The van der Waals surface area contributed by atoms with E-state index in [-0.39, 0.29) is 11.4 Å². The van der Waals surface area contributed by atoms with Gasteiger partial charge in [-0.15, -0.1) is 0 Å². The van der Waals surface area contributed by atoms with Gasteiger partial charge in [-0.3, -0.25) is 4.79 Å². The minimum atomic E-state index is -0.169. The zero-order valence-electron chi connectivity index (χ0n) is 9.92. The van der Waals surface area contributed by atoms with Crippen LogP contribution in [0.2, 0.25) is 0 Å². The van der Waals surface area contributed by atoms with E-state index in [0.717, 1.165) is 22.9 Å². The van der Waals surface area contributed by atoms with Crippen molar-refractivity contribution in [3.63, 3.8) is 0 Å². The number of carbonyl (C=O) groups excluding carboxylic acids is 1. The second-order valence-corrected chi connectivity index (χ2v) is 5.72. The van der Waals surface area contributed by atoms with Crippen LogP contribution in [0.3, 0.4) is 0 Å². The standard InChI is InChI=1S/C13H17BrN2O/c1-9-3-4-10(7-11(9)14)12(17)16-8-13(15)5-2-6-13/h3-4,7H,2,5-6,8,15H2,1H3,(H,16,17). The molecular weight excluding hydrogens is 280 g/mol. The molecule has 0 unspecified atom stereocenters. The molecule has 0 atom stereocenters. The quantitative estimate of drug-likeness (QED) is 0.900. The van der Waals surface area contributed by atoms with Gasteiger partial charge >= 0.3 is 0 Å². The van der Waals surface area contributed by atoms with E-state index in [2.05, 4.69) is 21.2 Å². The van der Waals surface area contributed by atoms with E-state index in [9.17, 15) is 4.79 Å². The van der Waals surface area contributed by atoms with Crippen LogP contribution in [0.15, 0.2) is 22.7 Å². The fraction of sp³-hybridized carbons (Fsp3) is 0.462. The predicted molar refractivity (Wildman–Crippen MR) is 72.0 cm³/mol. The van der Waals surface area contributed by atoms with Gasteiger partial charge in [0.1, 0.15) is 0 Å². The molecule has 1 aromatic carbocycles. The number of carbonyl (C=O) groups is 1. The first-order valence-corrected chi connectivity index (χ1v) is 6.63. The SMILES string of the molecule is Cc1ccc(C(=O)NCC2(N)CCC2)cc1Br. The van der Waals surface area contributed by atoms with Gasteiger partial charge in [0.25, 0.3) is 5.91 Å². The summed E-state index contributed by atoms with van der Waals surface area (Å²) in [6, 6.07) is 5.61. The van der Waals surface area contributed by atoms with Crippen molar-refractivity contribution in [3.8, 4) is 0 Å². The number of halogens is 1. The van der Waals surface area contributed by atoms with Gasteiger partial charge in [-0.1, -0.05) is 22.0 Å². The van der Waals surface area contributed by atoms with Gasteiger partial charge in [0.2, 0.25) is 0 Å². The highest BCUT2D eigenvalue weighted by molar-refractivity contribution is 9.10. The van der Waals surface area contributed by atoms with Gasteiger partial charge in [-0.25, -0.2) is 0 Å². The summed E-state index contributed by atoms with van der Waals surface area (Å²) >= 11 is 3.43. The fourth-order valence-corrected chi connectivity index (χ4v) is 2.28. The molecule has 1 aliphatic carbocycles. The Kier molecular flexibility index (Phi) is 3.54. The third kappa shape index (κ3) is 2.87. The van der Waals surface area contributed by atoms with Crippen molar-refractivity contribution in [2.75, 3.05) is 6.54 Å². The first-order valence-electron chi connectivity index (χ1n) is 5.83. The number of nitrogens with two attached hydrogens (primary N) is 1. The van der Waals surface area contributed by atoms with Crippen LogP contribution in [0.1, 0.15) is 35.2 Å². The number of hydrogen-bond acceptors (Lipinski definition) is 2. The number of benzene rings is 1. The van der Waals surface area contributed by atoms with Crippen LogP contribution in [-0.4, -0.2) is 18.0 Å². The molecule has 0 saturated heterocycles. The van der Waals surface area contributed by atoms with Gasteiger partial charge in [0.15, 0.2) is 0 Å². The molecule has 92 valence electrons. The van der Waals surface area contributed by atoms with Crippen LogP contribution in [0, 0.1) is 6.92 Å². The Balaban J connectivity index is 1.97. The van der Waals surface area contributed by atoms with Gasteiger partial charge in [0, 0.05) is 22.1 Å². The average molecular weight is 297 g/mol. The highest BCUT2D eigenvalue weighted by Crippen LogP contribution is 2.28. The highest BCUT2D eigenvalue weighted by atomic mass is 79.9. The largest absolute Gasteiger partial charge is 0.350 e. The molecule has 1 saturated carbocycles. The summed E-state index contributed by atoms with van der Waals surface area (Å²) in [5.74, 6) is -0.0533. The van der Waals surface area contributed by atoms with Crippen molar-refractivity contribution in [3.05, 3.63) is 33.8 Å². The maximum absolute atomic E-state index is 11.9. The second kappa shape index (κ2) is 4.78. The van der Waals surface area contributed by atoms with E-state index in [4.69, 9.17) is 5.73 Å². The number of hydrogen-bond donors (Lipinski definition) is 2. The number of nitrogens with one attached hydrogen (secondary N) is 1. The molecule has 0 aliphatic heterocycles. The molecule has 3 nitrogen and oxygen atoms in total. The van der Waals surface area contributed by atoms with E-state index in [1.165, 1.54) is 6.42 Å². The molecule has 0 aromatic heterocycles. The average Bonchev–Trinajstić information content (AvgIpc) is 2.27. The Morgan fingerprint density at radius 2 is 2.24 bits per heavy atom. The summed E-state index contributed by atoms with van der Waals surface area (Å²) in [5, 5.41) is 2.90. The lowest BCUT2D eigenvalue weighted by Crippen LogP contribution is -2.54. The Bertz CT molecular complexity index is 441. The summed E-state index contributed by atoms with van der Waals surface area (Å²) in [7, 11) is 0. The van der Waals surface area contributed by atoms with E-state index >= 15 is 0 Å². The molecule has 4 heteroatoms. The van der Waals surface area contributed by atoms with Crippen molar-refractivity contribution in [2.24, 2.45) is 5.73 Å². The summed E-state index contributed by atoms with van der Waals surface area (Å²) < 4.78 is 0.955. The minimum absolute atomic E-state index is 0.0533. The van der Waals surface area contributed by atoms with Gasteiger partial charge in [-0.2, -0.15) is 0 Å². The minimum Gasteiger partial charge on any atom is -0.350 e. The van der Waals surface area contributed by atoms with Crippen molar-refractivity contribution in [2.45, 2.75) is 31.7 Å². The molecule has 2 rings (SSSR count). The summed E-state index contributed by atoms with van der Waals surface area (Å²) in [5.41, 5.74) is 7.68. The summed E-state index contributed by atoms with van der Waals surface area (Å²) in [4.78, 5) is 11.9. The van der Waals surface area contributed by atoms with Crippen LogP contribution in [0.5, 0.6) is 0 Å². The lowest BCUT2D eigenvalue weighted by molar-refractivity contribution is 0.0929. The summed E-state index contributed by atoms with van der Waals surface area (Å²) in [6.45, 7) is 2.56. The molecule has 0 heterocycles. The third-order valence-corrected chi connectivity index (χ3v) is 4.24. The Labute approximate surface area is 110 Å². The molecule has 0 bridgehead atoms. The van der Waals surface area contributed by atoms with Crippen molar-refractivity contribution in [1.82, 2.24) is 5.32 Å². The van der Waals surface area contributed by atoms with Gasteiger partial charge in [0.05, 0.1) is 0 Å². The lowest BCUT2D eigenvalue weighted by atomic mass is 9.78. The van der Waals surface area contributed by atoms with Crippen LogP contribution < -0.4 is 11.1 Å². The highest BCUT2D eigenvalue weighted by Gasteiger charge is 2.32. The molecule has 3 N–H and O–H groups in total. The second-order valence-electron chi connectivity index (χ2n) is 4.86. The Morgan fingerprint density at radius 1 is 1.53 bits per heavy atom. The van der Waals surface area contributed by atoms with Crippen LogP contribution in [0.4, 0.5) is 0 Å². The van der Waals surface area contributed by atoms with Crippen LogP contribution in [-0.2, 0) is 0 Å². The van der Waals surface area contributed by atoms with Gasteiger partial charge < -0.3 is 11.1 Å². The van der Waals surface area contributed by atoms with Crippen molar-refractivity contribution in [1.29, 1.82) is 0 Å². The summed E-state index contributed by atoms with van der Waals surface area (Å²) in [6.07, 6.45) is 3.18. The molecule has 1 amide bonds. The number of amides is 1. The van der Waals surface area contributed by atoms with E-state index < -0.39 is 0 Å². The fourth-order valence-electron chi connectivity index (χ4n) is 1.90. The van der Waals surface area contributed by atoms with E-state index in [1.54, 1.807) is 0 Å². The zero-order chi connectivity index (χ0) is 12.5. The maximum Gasteiger partial charge on any atom is 0.251 e. The zero-order valence-corrected chi connectivity index (χ0v) is 11.5. The van der Waals surface area contributed by atoms with Crippen molar-refractivity contribution >= 4 is 21.8 Å². The first-order chi connectivity index (χ1) is 8.00. The van der Waals surface area contributed by atoms with E-state index in [1.807, 2.05) is 25.1 Å². The molecule has 1 fully saturated rings. The number of aryl methyl sites for hydroxylation is 1. The topological polar surface area (TPSA) is 55.1 Å². The molecule has 0 radical (unpaired) electrons. The molecule has 17 heavy (non-hydrogen) atoms. The Hall–Kier alpha value is -0.870. The number of rotatable bonds is 3. The molecule has 1 aromatic rings. The van der Waals surface area contributed by atoms with Crippen molar-refractivity contribution < 1.29 is 4.79 Å². The Morgan fingerprint density at radius 3 is 2.76 bits per heavy atom.